The van der Waals surface area contributed by atoms with E-state index in [0.29, 0.717) is 25.5 Å². The molecule has 0 spiro atoms. The maximum Gasteiger partial charge on any atom is 0.250 e. The van der Waals surface area contributed by atoms with Crippen LogP contribution in [0.1, 0.15) is 35.8 Å². The Bertz CT molecular complexity index is 1040. The van der Waals surface area contributed by atoms with Crippen LogP contribution in [-0.4, -0.2) is 43.3 Å². The van der Waals surface area contributed by atoms with Crippen LogP contribution in [0.2, 0.25) is 0 Å². The Kier molecular flexibility index (Phi) is 5.01. The van der Waals surface area contributed by atoms with Gasteiger partial charge in [-0.25, -0.2) is 23.4 Å². The number of benzene rings is 1. The van der Waals surface area contributed by atoms with Gasteiger partial charge >= 0.3 is 0 Å². The highest BCUT2D eigenvalue weighted by atomic mass is 19.1. The summed E-state index contributed by atoms with van der Waals surface area (Å²) < 4.78 is 35.6. The molecule has 156 valence electrons. The minimum atomic E-state index is -0.663. The van der Waals surface area contributed by atoms with Crippen molar-refractivity contribution >= 4 is 0 Å². The van der Waals surface area contributed by atoms with Crippen LogP contribution in [0, 0.1) is 11.6 Å². The molecule has 0 bridgehead atoms. The molecular formula is C21H22F2N6O. The lowest BCUT2D eigenvalue weighted by Gasteiger charge is -2.28. The van der Waals surface area contributed by atoms with Crippen LogP contribution in [0.3, 0.4) is 0 Å². The van der Waals surface area contributed by atoms with Crippen LogP contribution in [0.25, 0.3) is 5.95 Å². The average Bonchev–Trinajstić information content (AvgIpc) is 3.28. The fourth-order valence-corrected chi connectivity index (χ4v) is 4.40. The molecule has 9 heteroatoms. The van der Waals surface area contributed by atoms with E-state index in [-0.39, 0.29) is 11.6 Å². The fourth-order valence-electron chi connectivity index (χ4n) is 4.40. The number of hydrogen-bond acceptors (Lipinski definition) is 6. The van der Waals surface area contributed by atoms with Gasteiger partial charge in [0.1, 0.15) is 17.7 Å². The second-order valence-corrected chi connectivity index (χ2v) is 7.78. The third-order valence-corrected chi connectivity index (χ3v) is 5.89. The van der Waals surface area contributed by atoms with Gasteiger partial charge in [0.05, 0.1) is 11.9 Å². The Balaban J connectivity index is 1.33. The maximum absolute atomic E-state index is 14.3. The van der Waals surface area contributed by atoms with Crippen LogP contribution in [0.15, 0.2) is 42.9 Å². The van der Waals surface area contributed by atoms with E-state index in [9.17, 15) is 8.78 Å². The molecule has 0 radical (unpaired) electrons. The highest BCUT2D eigenvalue weighted by molar-refractivity contribution is 5.28. The van der Waals surface area contributed by atoms with Crippen LogP contribution in [0.5, 0.6) is 0 Å². The molecule has 7 nitrogen and oxygen atoms in total. The van der Waals surface area contributed by atoms with Crippen molar-refractivity contribution in [3.8, 4) is 5.95 Å². The topological polar surface area (TPSA) is 82.1 Å². The Morgan fingerprint density at radius 2 is 1.97 bits per heavy atom. The van der Waals surface area contributed by atoms with E-state index in [4.69, 9.17) is 10.5 Å². The summed E-state index contributed by atoms with van der Waals surface area (Å²) in [6.07, 6.45) is 5.96. The summed E-state index contributed by atoms with van der Waals surface area (Å²) in [6, 6.07) is 4.90. The zero-order chi connectivity index (χ0) is 20.7. The average molecular weight is 412 g/mol. The van der Waals surface area contributed by atoms with Crippen LogP contribution < -0.4 is 5.73 Å². The summed E-state index contributed by atoms with van der Waals surface area (Å²) in [6.45, 7) is 1.88. The first-order valence-electron chi connectivity index (χ1n) is 9.99. The van der Waals surface area contributed by atoms with Crippen molar-refractivity contribution in [1.82, 2.24) is 24.6 Å². The van der Waals surface area contributed by atoms with E-state index in [0.717, 1.165) is 36.4 Å². The molecular weight excluding hydrogens is 390 g/mol. The van der Waals surface area contributed by atoms with Crippen LogP contribution >= 0.6 is 0 Å². The van der Waals surface area contributed by atoms with Crippen LogP contribution in [-0.2, 0) is 17.8 Å². The van der Waals surface area contributed by atoms with E-state index < -0.39 is 23.8 Å². The van der Waals surface area contributed by atoms with Crippen molar-refractivity contribution < 1.29 is 13.5 Å². The lowest BCUT2D eigenvalue weighted by Crippen LogP contribution is -2.38. The molecule has 0 aliphatic carbocycles. The molecule has 2 aromatic heterocycles. The zero-order valence-electron chi connectivity index (χ0n) is 16.3. The molecule has 1 aromatic carbocycles. The summed E-state index contributed by atoms with van der Waals surface area (Å²) in [7, 11) is 0. The monoisotopic (exact) mass is 412 g/mol. The normalized spacial score (nSPS) is 24.6. The minimum absolute atomic E-state index is 0.166. The summed E-state index contributed by atoms with van der Waals surface area (Å²) >= 11 is 0. The third-order valence-electron chi connectivity index (χ3n) is 5.89. The van der Waals surface area contributed by atoms with Crippen molar-refractivity contribution in [3.63, 3.8) is 0 Å². The summed E-state index contributed by atoms with van der Waals surface area (Å²) in [5, 5.41) is 4.43. The van der Waals surface area contributed by atoms with Gasteiger partial charge in [0, 0.05) is 55.3 Å². The molecule has 3 atom stereocenters. The van der Waals surface area contributed by atoms with E-state index >= 15 is 0 Å². The zero-order valence-corrected chi connectivity index (χ0v) is 16.3. The maximum atomic E-state index is 14.3. The molecule has 4 heterocycles. The van der Waals surface area contributed by atoms with Gasteiger partial charge in [-0.15, -0.1) is 0 Å². The van der Waals surface area contributed by atoms with Crippen LogP contribution in [0.4, 0.5) is 8.78 Å². The largest absolute Gasteiger partial charge is 0.372 e. The van der Waals surface area contributed by atoms with Gasteiger partial charge in [-0.05, 0) is 37.1 Å². The van der Waals surface area contributed by atoms with Crippen molar-refractivity contribution in [1.29, 1.82) is 0 Å². The second-order valence-electron chi connectivity index (χ2n) is 7.78. The molecule has 0 amide bonds. The first-order valence-corrected chi connectivity index (χ1v) is 9.99. The third kappa shape index (κ3) is 3.49. The fraction of sp³-hybridized carbons (Fsp3) is 0.381. The first-order chi connectivity index (χ1) is 14.6. The lowest BCUT2D eigenvalue weighted by atomic mass is 9.96. The molecule has 1 fully saturated rings. The predicted octanol–water partition coefficient (Wildman–Crippen LogP) is 2.50. The van der Waals surface area contributed by atoms with E-state index in [1.807, 2.05) is 6.20 Å². The lowest BCUT2D eigenvalue weighted by molar-refractivity contribution is 0.0430. The number of aromatic nitrogens is 4. The Morgan fingerprint density at radius 3 is 2.80 bits per heavy atom. The van der Waals surface area contributed by atoms with Gasteiger partial charge in [0.15, 0.2) is 0 Å². The summed E-state index contributed by atoms with van der Waals surface area (Å²) in [4.78, 5) is 10.9. The highest BCUT2D eigenvalue weighted by Gasteiger charge is 2.35. The number of rotatable bonds is 3. The Labute approximate surface area is 172 Å². The Morgan fingerprint density at radius 1 is 1.13 bits per heavy atom. The molecule has 2 aliphatic rings. The van der Waals surface area contributed by atoms with Gasteiger partial charge in [-0.1, -0.05) is 0 Å². The number of nitrogens with two attached hydrogens (primary N) is 1. The molecule has 3 aromatic rings. The van der Waals surface area contributed by atoms with Gasteiger partial charge in [0.25, 0.3) is 5.95 Å². The number of ether oxygens (including phenoxy) is 1. The van der Waals surface area contributed by atoms with Gasteiger partial charge < -0.3 is 10.5 Å². The van der Waals surface area contributed by atoms with E-state index in [1.54, 1.807) is 23.1 Å². The number of fused-ring (bicyclic) bond motifs is 1. The van der Waals surface area contributed by atoms with Gasteiger partial charge in [-0.2, -0.15) is 5.10 Å². The number of nitrogens with zero attached hydrogens (tertiary/aromatic N) is 5. The quantitative estimate of drug-likeness (QED) is 0.712. The number of halogens is 2. The van der Waals surface area contributed by atoms with Gasteiger partial charge in [0.2, 0.25) is 0 Å². The van der Waals surface area contributed by atoms with E-state index in [2.05, 4.69) is 20.0 Å². The second kappa shape index (κ2) is 7.82. The predicted molar refractivity (Wildman–Crippen MR) is 104 cm³/mol. The van der Waals surface area contributed by atoms with Crippen molar-refractivity contribution in [3.05, 3.63) is 71.3 Å². The highest BCUT2D eigenvalue weighted by Crippen LogP contribution is 2.34. The van der Waals surface area contributed by atoms with E-state index in [1.165, 1.54) is 6.07 Å². The SMILES string of the molecule is N[C@H]1CC(N2Cc3cnn(-c4ncccn4)c3C2)CCO[C@@H]1c1cc(F)ccc1F. The molecule has 2 N–H and O–H groups in total. The molecule has 1 saturated heterocycles. The molecule has 30 heavy (non-hydrogen) atoms. The summed E-state index contributed by atoms with van der Waals surface area (Å²) in [5.41, 5.74) is 8.79. The molecule has 1 unspecified atom stereocenters. The minimum Gasteiger partial charge on any atom is -0.372 e. The molecule has 2 aliphatic heterocycles. The van der Waals surface area contributed by atoms with Crippen molar-refractivity contribution in [2.45, 2.75) is 44.1 Å². The summed E-state index contributed by atoms with van der Waals surface area (Å²) in [5.74, 6) is -0.444. The Hall–Kier alpha value is -2.75. The first kappa shape index (κ1) is 19.2. The van der Waals surface area contributed by atoms with Gasteiger partial charge in [-0.3, -0.25) is 4.90 Å². The van der Waals surface area contributed by atoms with Crippen molar-refractivity contribution in [2.24, 2.45) is 5.73 Å². The van der Waals surface area contributed by atoms with Crippen molar-refractivity contribution in [2.75, 3.05) is 6.61 Å². The molecule has 0 saturated carbocycles. The standard InChI is InChI=1S/C21H22F2N6O/c22-14-2-3-17(23)16(8-14)20-18(24)9-15(4-7-30-20)28-11-13-10-27-29(19(13)12-28)21-25-5-1-6-26-21/h1-3,5-6,8,10,15,18,20H,4,7,9,11-12,24H2/t15?,18-,20+/m0/s1. The number of hydrogen-bond donors (Lipinski definition) is 1. The molecule has 5 rings (SSSR count). The smallest absolute Gasteiger partial charge is 0.250 e.